The summed E-state index contributed by atoms with van der Waals surface area (Å²) >= 11 is 6.97. The number of aryl methyl sites for hydroxylation is 3. The van der Waals surface area contributed by atoms with E-state index in [2.05, 4.69) is 0 Å². The van der Waals surface area contributed by atoms with E-state index in [0.717, 1.165) is 40.3 Å². The third-order valence-electron chi connectivity index (χ3n) is 9.17. The molecule has 240 valence electrons. The average molecular weight is 665 g/mol. The summed E-state index contributed by atoms with van der Waals surface area (Å²) in [5.74, 6) is -0.884. The van der Waals surface area contributed by atoms with Crippen molar-refractivity contribution >= 4 is 49.3 Å². The maximum atomic E-state index is 13.8. The Morgan fingerprint density at radius 2 is 1.91 bits per heavy atom. The SMILES string of the molecule is Cc1c2c(nn1C)CN(C1CC1)S(=O)(=O)CCCn1c(C(=O)O)c(CCCOc3cccc4cc(F)ccc34)c3ccc(Cl)c-2c31. The molecule has 0 radical (unpaired) electrons. The van der Waals surface area contributed by atoms with Crippen molar-refractivity contribution < 1.29 is 27.4 Å². The number of hydrogen-bond acceptors (Lipinski definition) is 5. The molecule has 12 heteroatoms. The van der Waals surface area contributed by atoms with Gasteiger partial charge in [-0.3, -0.25) is 4.68 Å². The highest BCUT2D eigenvalue weighted by Gasteiger charge is 2.39. The molecule has 0 amide bonds. The Labute approximate surface area is 271 Å². The van der Waals surface area contributed by atoms with Crippen molar-refractivity contribution in [3.05, 3.63) is 82.0 Å². The number of carbonyl (C=O) groups is 1. The lowest BCUT2D eigenvalue weighted by atomic mass is 9.98. The summed E-state index contributed by atoms with van der Waals surface area (Å²) in [5.41, 5.74) is 4.25. The minimum Gasteiger partial charge on any atom is -0.493 e. The minimum absolute atomic E-state index is 0.0514. The number of sulfonamides is 1. The van der Waals surface area contributed by atoms with Crippen LogP contribution >= 0.6 is 11.6 Å². The van der Waals surface area contributed by atoms with E-state index in [1.165, 1.54) is 12.1 Å². The fraction of sp³-hybridized carbons (Fsp3) is 0.353. The van der Waals surface area contributed by atoms with Crippen molar-refractivity contribution in [1.29, 1.82) is 0 Å². The maximum Gasteiger partial charge on any atom is 0.352 e. The Balaban J connectivity index is 1.31. The summed E-state index contributed by atoms with van der Waals surface area (Å²) in [7, 11) is -1.81. The van der Waals surface area contributed by atoms with Gasteiger partial charge in [0.2, 0.25) is 10.0 Å². The summed E-state index contributed by atoms with van der Waals surface area (Å²) in [6.45, 7) is 2.56. The van der Waals surface area contributed by atoms with Gasteiger partial charge in [0.25, 0.3) is 0 Å². The molecule has 1 aliphatic carbocycles. The maximum absolute atomic E-state index is 13.8. The van der Waals surface area contributed by atoms with Crippen LogP contribution < -0.4 is 4.74 Å². The van der Waals surface area contributed by atoms with E-state index in [0.29, 0.717) is 52.6 Å². The van der Waals surface area contributed by atoms with Crippen molar-refractivity contribution in [1.82, 2.24) is 18.7 Å². The van der Waals surface area contributed by atoms with E-state index in [1.54, 1.807) is 25.7 Å². The number of aromatic nitrogens is 3. The first-order valence-electron chi connectivity index (χ1n) is 15.5. The Kier molecular flexibility index (Phi) is 7.81. The topological polar surface area (TPSA) is 107 Å². The number of hydrogen-bond donors (Lipinski definition) is 1. The van der Waals surface area contributed by atoms with Crippen LogP contribution in [-0.2, 0) is 36.6 Å². The van der Waals surface area contributed by atoms with Gasteiger partial charge in [-0.15, -0.1) is 0 Å². The molecule has 0 spiro atoms. The van der Waals surface area contributed by atoms with Crippen molar-refractivity contribution in [3.63, 3.8) is 0 Å². The molecule has 3 heterocycles. The number of carboxylic acids is 1. The van der Waals surface area contributed by atoms with E-state index < -0.39 is 16.0 Å². The van der Waals surface area contributed by atoms with E-state index in [4.69, 9.17) is 21.4 Å². The first kappa shape index (κ1) is 30.7. The van der Waals surface area contributed by atoms with Crippen molar-refractivity contribution in [2.75, 3.05) is 12.4 Å². The molecular weight excluding hydrogens is 631 g/mol. The molecule has 7 rings (SSSR count). The quantitative estimate of drug-likeness (QED) is 0.194. The largest absolute Gasteiger partial charge is 0.493 e. The van der Waals surface area contributed by atoms with Gasteiger partial charge in [-0.2, -0.15) is 9.40 Å². The Morgan fingerprint density at radius 3 is 2.67 bits per heavy atom. The van der Waals surface area contributed by atoms with E-state index in [1.807, 2.05) is 38.2 Å². The summed E-state index contributed by atoms with van der Waals surface area (Å²) in [6.07, 6.45) is 2.78. The first-order chi connectivity index (χ1) is 22.0. The number of fused-ring (bicyclic) bond motifs is 3. The van der Waals surface area contributed by atoms with E-state index in [9.17, 15) is 22.7 Å². The van der Waals surface area contributed by atoms with Gasteiger partial charge >= 0.3 is 5.97 Å². The highest BCUT2D eigenvalue weighted by Crippen LogP contribution is 2.44. The van der Waals surface area contributed by atoms with Crippen LogP contribution in [0.1, 0.15) is 53.1 Å². The van der Waals surface area contributed by atoms with Gasteiger partial charge in [0.1, 0.15) is 17.3 Å². The summed E-state index contributed by atoms with van der Waals surface area (Å²) in [5, 5.41) is 18.1. The van der Waals surface area contributed by atoms with Crippen LogP contribution in [0.4, 0.5) is 4.39 Å². The predicted molar refractivity (Wildman–Crippen MR) is 176 cm³/mol. The third kappa shape index (κ3) is 5.34. The molecule has 1 N–H and O–H groups in total. The second-order valence-corrected chi connectivity index (χ2v) is 14.6. The molecule has 1 fully saturated rings. The van der Waals surface area contributed by atoms with Crippen LogP contribution in [0.25, 0.3) is 32.8 Å². The van der Waals surface area contributed by atoms with Gasteiger partial charge in [-0.05, 0) is 80.3 Å². The monoisotopic (exact) mass is 664 g/mol. The summed E-state index contributed by atoms with van der Waals surface area (Å²) < 4.78 is 52.2. The standard InChI is InChI=1S/C34H34ClFN4O5S/c1-20-30-28(37-38(20)2)19-40(23-10-11-23)46(43,44)17-5-15-39-32-26(13-14-27(35)31(30)32)25(33(39)34(41)42)7-4-16-45-29-8-3-6-21-18-22(36)9-12-24(21)29/h3,6,8-9,12-14,18,23H,4-5,7,10-11,15-17,19H2,1-2H3,(H,41,42). The van der Waals surface area contributed by atoms with Gasteiger partial charge in [0.05, 0.1) is 35.1 Å². The Morgan fingerprint density at radius 1 is 1.13 bits per heavy atom. The second kappa shape index (κ2) is 11.7. The van der Waals surface area contributed by atoms with Crippen LogP contribution in [0.5, 0.6) is 5.75 Å². The zero-order valence-corrected chi connectivity index (χ0v) is 27.2. The molecule has 1 aliphatic heterocycles. The van der Waals surface area contributed by atoms with Gasteiger partial charge in [0, 0.05) is 47.2 Å². The normalized spacial score (nSPS) is 16.8. The van der Waals surface area contributed by atoms with E-state index >= 15 is 0 Å². The van der Waals surface area contributed by atoms with Crippen molar-refractivity contribution in [2.24, 2.45) is 7.05 Å². The Bertz CT molecular complexity index is 2140. The van der Waals surface area contributed by atoms with Crippen LogP contribution in [0, 0.1) is 12.7 Å². The number of rotatable bonds is 7. The lowest BCUT2D eigenvalue weighted by Crippen LogP contribution is -2.35. The van der Waals surface area contributed by atoms with Crippen molar-refractivity contribution in [2.45, 2.75) is 58.2 Å². The highest BCUT2D eigenvalue weighted by atomic mass is 35.5. The smallest absolute Gasteiger partial charge is 0.352 e. The fourth-order valence-corrected chi connectivity index (χ4v) is 8.79. The summed E-state index contributed by atoms with van der Waals surface area (Å²) in [4.78, 5) is 13.0. The number of ether oxygens (including phenoxy) is 1. The number of benzene rings is 3. The molecule has 2 aliphatic rings. The Hall–Kier alpha value is -3.93. The predicted octanol–water partition coefficient (Wildman–Crippen LogP) is 6.70. The highest BCUT2D eigenvalue weighted by molar-refractivity contribution is 7.89. The lowest BCUT2D eigenvalue weighted by molar-refractivity contribution is 0.0684. The molecule has 1 saturated carbocycles. The van der Waals surface area contributed by atoms with Crippen LogP contribution in [0.15, 0.2) is 48.5 Å². The average Bonchev–Trinajstić information content (AvgIpc) is 3.74. The molecular formula is C34H34ClFN4O5S. The van der Waals surface area contributed by atoms with E-state index in [-0.39, 0.29) is 42.8 Å². The number of halogens is 2. The zero-order valence-electron chi connectivity index (χ0n) is 25.6. The second-order valence-electron chi connectivity index (χ2n) is 12.2. The number of aromatic carboxylic acids is 1. The first-order valence-corrected chi connectivity index (χ1v) is 17.4. The van der Waals surface area contributed by atoms with Gasteiger partial charge in [-0.25, -0.2) is 17.6 Å². The summed E-state index contributed by atoms with van der Waals surface area (Å²) in [6, 6.07) is 13.6. The molecule has 0 bridgehead atoms. The molecule has 0 saturated heterocycles. The third-order valence-corrected chi connectivity index (χ3v) is 11.4. The van der Waals surface area contributed by atoms with Crippen LogP contribution in [-0.4, -0.2) is 56.5 Å². The number of carboxylic acid groups (broad SMARTS) is 1. The molecule has 3 aromatic carbocycles. The molecule has 5 aromatic rings. The zero-order chi connectivity index (χ0) is 32.3. The van der Waals surface area contributed by atoms with Crippen LogP contribution in [0.2, 0.25) is 5.02 Å². The van der Waals surface area contributed by atoms with Crippen molar-refractivity contribution in [3.8, 4) is 16.9 Å². The lowest BCUT2D eigenvalue weighted by Gasteiger charge is -2.21. The molecule has 9 nitrogen and oxygen atoms in total. The number of nitrogens with zero attached hydrogens (tertiary/aromatic N) is 4. The fourth-order valence-electron chi connectivity index (χ4n) is 6.83. The van der Waals surface area contributed by atoms with Gasteiger partial charge < -0.3 is 14.4 Å². The molecule has 0 unspecified atom stereocenters. The molecule has 2 aromatic heterocycles. The molecule has 0 atom stereocenters. The van der Waals surface area contributed by atoms with Gasteiger partial charge in [-0.1, -0.05) is 29.8 Å². The minimum atomic E-state index is -3.62. The van der Waals surface area contributed by atoms with Crippen LogP contribution in [0.3, 0.4) is 0 Å². The van der Waals surface area contributed by atoms with Gasteiger partial charge in [0.15, 0.2) is 0 Å². The molecule has 46 heavy (non-hydrogen) atoms.